The van der Waals surface area contributed by atoms with Crippen LogP contribution >= 0.6 is 34.8 Å². The molecule has 0 radical (unpaired) electrons. The van der Waals surface area contributed by atoms with Gasteiger partial charge in [-0.3, -0.25) is 0 Å². The van der Waals surface area contributed by atoms with Gasteiger partial charge in [-0.1, -0.05) is 55.6 Å². The molecule has 206 valence electrons. The largest absolute Gasteiger partial charge is 0.491 e. The van der Waals surface area contributed by atoms with Gasteiger partial charge in [0, 0.05) is 18.2 Å². The van der Waals surface area contributed by atoms with Crippen LogP contribution in [-0.4, -0.2) is 61.2 Å². The van der Waals surface area contributed by atoms with Crippen LogP contribution in [0.1, 0.15) is 47.1 Å². The van der Waals surface area contributed by atoms with Crippen molar-refractivity contribution in [2.24, 2.45) is 0 Å². The van der Waals surface area contributed by atoms with Gasteiger partial charge in [-0.05, 0) is 64.0 Å². The number of ether oxygens (including phenoxy) is 2. The molecule has 1 aromatic carbocycles. The standard InChI is InChI=1S/C26H38Cl3N3O4Si/c1-16-21(28)30-23(31-22(16)29)19-13-17(11-12-20(19)27)34-15-18(36-37(9,10)26(5,6)7)14-32(8)24(33)35-25(2,3)4/h11-13,18H,14-15H2,1-10H3. The molecule has 2 rings (SSSR count). The number of rotatable bonds is 8. The molecule has 1 amide bonds. The summed E-state index contributed by atoms with van der Waals surface area (Å²) in [5, 5.41) is 0.919. The lowest BCUT2D eigenvalue weighted by molar-refractivity contribution is 0.0172. The zero-order valence-electron chi connectivity index (χ0n) is 23.3. The molecule has 1 unspecified atom stereocenters. The second-order valence-electron chi connectivity index (χ2n) is 11.6. The van der Waals surface area contributed by atoms with Crippen molar-refractivity contribution in [2.45, 2.75) is 78.3 Å². The fourth-order valence-corrected chi connectivity index (χ4v) is 4.90. The summed E-state index contributed by atoms with van der Waals surface area (Å²) in [4.78, 5) is 22.8. The van der Waals surface area contributed by atoms with E-state index < -0.39 is 26.1 Å². The van der Waals surface area contributed by atoms with E-state index in [2.05, 4.69) is 43.8 Å². The van der Waals surface area contributed by atoms with Crippen LogP contribution in [0.4, 0.5) is 4.79 Å². The van der Waals surface area contributed by atoms with Crippen molar-refractivity contribution >= 4 is 49.2 Å². The lowest BCUT2D eigenvalue weighted by Gasteiger charge is -2.40. The monoisotopic (exact) mass is 589 g/mol. The van der Waals surface area contributed by atoms with Crippen molar-refractivity contribution < 1.29 is 18.7 Å². The number of carbonyl (C=O) groups excluding carboxylic acids is 1. The topological polar surface area (TPSA) is 73.8 Å². The van der Waals surface area contributed by atoms with Crippen LogP contribution in [0.5, 0.6) is 5.75 Å². The smallest absolute Gasteiger partial charge is 0.410 e. The molecule has 0 saturated carbocycles. The molecule has 0 N–H and O–H groups in total. The molecule has 0 spiro atoms. The molecule has 11 heteroatoms. The van der Waals surface area contributed by atoms with E-state index in [0.717, 1.165) is 0 Å². The molecule has 1 aromatic heterocycles. The minimum Gasteiger partial charge on any atom is -0.491 e. The first kappa shape index (κ1) is 31.6. The van der Waals surface area contributed by atoms with Gasteiger partial charge in [-0.15, -0.1) is 0 Å². The molecule has 0 aliphatic carbocycles. The van der Waals surface area contributed by atoms with Crippen molar-refractivity contribution in [3.8, 4) is 17.1 Å². The van der Waals surface area contributed by atoms with Crippen molar-refractivity contribution in [2.75, 3.05) is 20.2 Å². The maximum Gasteiger partial charge on any atom is 0.410 e. The van der Waals surface area contributed by atoms with E-state index in [1.807, 2.05) is 20.8 Å². The lowest BCUT2D eigenvalue weighted by atomic mass is 10.2. The Morgan fingerprint density at radius 2 is 1.62 bits per heavy atom. The van der Waals surface area contributed by atoms with E-state index in [9.17, 15) is 4.79 Å². The molecule has 0 fully saturated rings. The molecule has 0 aliphatic rings. The zero-order valence-corrected chi connectivity index (χ0v) is 26.6. The highest BCUT2D eigenvalue weighted by Gasteiger charge is 2.40. The summed E-state index contributed by atoms with van der Waals surface area (Å²) in [6.45, 7) is 18.6. The van der Waals surface area contributed by atoms with Gasteiger partial charge >= 0.3 is 6.09 Å². The summed E-state index contributed by atoms with van der Waals surface area (Å²) in [6, 6.07) is 5.19. The maximum absolute atomic E-state index is 12.6. The number of amides is 1. The summed E-state index contributed by atoms with van der Waals surface area (Å²) in [7, 11) is -0.481. The third-order valence-electron chi connectivity index (χ3n) is 6.09. The Bertz CT molecular complexity index is 1090. The molecule has 0 bridgehead atoms. The molecule has 37 heavy (non-hydrogen) atoms. The van der Waals surface area contributed by atoms with Gasteiger partial charge in [0.25, 0.3) is 0 Å². The second-order valence-corrected chi connectivity index (χ2v) is 17.4. The van der Waals surface area contributed by atoms with E-state index >= 15 is 0 Å². The molecular formula is C26H38Cl3N3O4Si. The van der Waals surface area contributed by atoms with Crippen molar-refractivity contribution in [1.82, 2.24) is 14.9 Å². The first-order valence-corrected chi connectivity index (χ1v) is 16.1. The van der Waals surface area contributed by atoms with Crippen molar-refractivity contribution in [1.29, 1.82) is 0 Å². The lowest BCUT2D eigenvalue weighted by Crippen LogP contribution is -2.49. The zero-order chi connectivity index (χ0) is 28.3. The van der Waals surface area contributed by atoms with Gasteiger partial charge in [0.2, 0.25) is 0 Å². The Morgan fingerprint density at radius 3 is 2.14 bits per heavy atom. The fraction of sp³-hybridized carbons (Fsp3) is 0.577. The molecule has 1 atom stereocenters. The third-order valence-corrected chi connectivity index (χ3v) is 11.7. The summed E-state index contributed by atoms with van der Waals surface area (Å²) in [5.74, 6) is 0.842. The second kappa shape index (κ2) is 12.1. The van der Waals surface area contributed by atoms with Crippen molar-refractivity contribution in [3.05, 3.63) is 39.1 Å². The first-order chi connectivity index (χ1) is 16.8. The number of likely N-dealkylation sites (N-methyl/N-ethyl adjacent to an activating group) is 1. The Balaban J connectivity index is 2.28. The van der Waals surface area contributed by atoms with Gasteiger partial charge in [0.05, 0.1) is 17.7 Å². The normalized spacial score (nSPS) is 13.3. The number of hydrogen-bond donors (Lipinski definition) is 0. The average molecular weight is 591 g/mol. The number of aromatic nitrogens is 2. The SMILES string of the molecule is Cc1c(Cl)nc(-c2cc(OCC(CN(C)C(=O)OC(C)(C)C)O[Si](C)(C)C(C)(C)C)ccc2Cl)nc1Cl. The predicted molar refractivity (Wildman–Crippen MR) is 154 cm³/mol. The van der Waals surface area contributed by atoms with Gasteiger partial charge in [-0.25, -0.2) is 14.8 Å². The first-order valence-electron chi connectivity index (χ1n) is 12.0. The van der Waals surface area contributed by atoms with E-state index in [0.29, 0.717) is 34.3 Å². The highest BCUT2D eigenvalue weighted by Crippen LogP contribution is 2.38. The number of nitrogens with zero attached hydrogens (tertiary/aromatic N) is 3. The number of benzene rings is 1. The van der Waals surface area contributed by atoms with Gasteiger partial charge in [-0.2, -0.15) is 0 Å². The summed E-state index contributed by atoms with van der Waals surface area (Å²) < 4.78 is 18.3. The van der Waals surface area contributed by atoms with Crippen molar-refractivity contribution in [3.63, 3.8) is 0 Å². The molecule has 1 heterocycles. The molecule has 0 saturated heterocycles. The summed E-state index contributed by atoms with van der Waals surface area (Å²) >= 11 is 18.9. The average Bonchev–Trinajstić information content (AvgIpc) is 2.74. The molecular weight excluding hydrogens is 553 g/mol. The van der Waals surface area contributed by atoms with E-state index in [1.54, 1.807) is 32.2 Å². The highest BCUT2D eigenvalue weighted by molar-refractivity contribution is 6.74. The molecule has 2 aromatic rings. The number of halogens is 3. The Kier molecular flexibility index (Phi) is 10.3. The van der Waals surface area contributed by atoms with Crippen LogP contribution < -0.4 is 4.74 Å². The summed E-state index contributed by atoms with van der Waals surface area (Å²) in [5.41, 5.74) is 0.535. The van der Waals surface area contributed by atoms with Crippen LogP contribution in [0.25, 0.3) is 11.4 Å². The fourth-order valence-electron chi connectivity index (χ4n) is 2.98. The van der Waals surface area contributed by atoms with Crippen LogP contribution in [0, 0.1) is 6.92 Å². The maximum atomic E-state index is 12.6. The molecule has 7 nitrogen and oxygen atoms in total. The number of carbonyl (C=O) groups is 1. The Labute approximate surface area is 236 Å². The van der Waals surface area contributed by atoms with Gasteiger partial charge in [0.15, 0.2) is 14.1 Å². The van der Waals surface area contributed by atoms with E-state index in [-0.39, 0.29) is 22.0 Å². The minimum atomic E-state index is -2.17. The predicted octanol–water partition coefficient (Wildman–Crippen LogP) is 8.05. The van der Waals surface area contributed by atoms with Gasteiger partial charge in [0.1, 0.15) is 28.3 Å². The highest BCUT2D eigenvalue weighted by atomic mass is 35.5. The Hall–Kier alpha value is -1.58. The quantitative estimate of drug-likeness (QED) is 0.229. The Morgan fingerprint density at radius 1 is 1.05 bits per heavy atom. The van der Waals surface area contributed by atoms with E-state index in [4.69, 9.17) is 48.7 Å². The van der Waals surface area contributed by atoms with Crippen LogP contribution in [0.3, 0.4) is 0 Å². The van der Waals surface area contributed by atoms with Crippen LogP contribution in [-0.2, 0) is 9.16 Å². The minimum absolute atomic E-state index is 0.0233. The third kappa shape index (κ3) is 8.99. The van der Waals surface area contributed by atoms with Gasteiger partial charge < -0.3 is 18.8 Å². The van der Waals surface area contributed by atoms with Crippen LogP contribution in [0.15, 0.2) is 18.2 Å². The molecule has 0 aliphatic heterocycles. The van der Waals surface area contributed by atoms with E-state index in [1.165, 1.54) is 4.90 Å². The number of hydrogen-bond acceptors (Lipinski definition) is 6. The summed E-state index contributed by atoms with van der Waals surface area (Å²) in [6.07, 6.45) is -0.813. The van der Waals surface area contributed by atoms with Crippen LogP contribution in [0.2, 0.25) is 33.5 Å².